The van der Waals surface area contributed by atoms with E-state index in [9.17, 15) is 0 Å². The van der Waals surface area contributed by atoms with Crippen molar-refractivity contribution >= 4 is 49.7 Å². The first-order chi connectivity index (χ1) is 19.8. The molecule has 2 aliphatic rings. The summed E-state index contributed by atoms with van der Waals surface area (Å²) in [7, 11) is 0. The van der Waals surface area contributed by atoms with Crippen LogP contribution >= 0.6 is 0 Å². The van der Waals surface area contributed by atoms with Crippen molar-refractivity contribution in [1.29, 1.82) is 0 Å². The van der Waals surface area contributed by atoms with Gasteiger partial charge >= 0.3 is 0 Å². The van der Waals surface area contributed by atoms with Crippen LogP contribution in [0.2, 0.25) is 0 Å². The number of rotatable bonds is 2. The summed E-state index contributed by atoms with van der Waals surface area (Å²) in [6, 6.07) is 31.5. The quantitative estimate of drug-likeness (QED) is 0.236. The van der Waals surface area contributed by atoms with Crippen molar-refractivity contribution in [2.75, 3.05) is 0 Å². The van der Waals surface area contributed by atoms with Gasteiger partial charge in [-0.2, -0.15) is 0 Å². The molecule has 3 aromatic heterocycles. The van der Waals surface area contributed by atoms with Gasteiger partial charge in [-0.15, -0.1) is 0 Å². The highest BCUT2D eigenvalue weighted by Crippen LogP contribution is 2.43. The molecule has 0 bridgehead atoms. The Bertz CT molecular complexity index is 2130. The van der Waals surface area contributed by atoms with Crippen LogP contribution in [0.3, 0.4) is 0 Å². The van der Waals surface area contributed by atoms with Gasteiger partial charge in [-0.25, -0.2) is 0 Å². The fraction of sp³-hybridized carbons (Fsp3) is 0.189. The van der Waals surface area contributed by atoms with E-state index < -0.39 is 0 Å². The zero-order valence-corrected chi connectivity index (χ0v) is 22.7. The first-order valence-electron chi connectivity index (χ1n) is 14.7. The van der Waals surface area contributed by atoms with Gasteiger partial charge in [0.25, 0.3) is 0 Å². The second-order valence-electron chi connectivity index (χ2n) is 11.8. The number of nitrogens with one attached hydrogen (secondary N) is 1. The van der Waals surface area contributed by atoms with Crippen molar-refractivity contribution < 1.29 is 0 Å². The number of H-pyrrole nitrogens is 1. The molecule has 0 aliphatic heterocycles. The number of aromatic nitrogens is 3. The third-order valence-electron chi connectivity index (χ3n) is 9.44. The molecule has 2 aliphatic carbocycles. The summed E-state index contributed by atoms with van der Waals surface area (Å²) in [6.45, 7) is 2.37. The highest BCUT2D eigenvalue weighted by Gasteiger charge is 2.25. The maximum Gasteiger partial charge on any atom is 0.0558 e. The summed E-state index contributed by atoms with van der Waals surface area (Å²) < 4.78 is 4.98. The van der Waals surface area contributed by atoms with Crippen LogP contribution < -0.4 is 0 Å². The van der Waals surface area contributed by atoms with Gasteiger partial charge in [-0.1, -0.05) is 49.4 Å². The van der Waals surface area contributed by atoms with Gasteiger partial charge < -0.3 is 14.1 Å². The fourth-order valence-corrected chi connectivity index (χ4v) is 7.67. The Hall–Kier alpha value is -4.50. The lowest BCUT2D eigenvalue weighted by Crippen LogP contribution is -2.06. The van der Waals surface area contributed by atoms with Gasteiger partial charge in [-0.3, -0.25) is 0 Å². The molecule has 40 heavy (non-hydrogen) atoms. The standard InChI is InChI=1S/C37H31N3/c1-23-11-10-18-34-37(23)30-20-28-27-19-29-26-16-8-9-17-33(26)39(24-12-4-2-5-13-24)35(29)21-31(27)38-32(28)22-36(30)40(34)25-14-6-3-7-15-25/h2-7,10,12-15,18-23,38H,8-9,11,16-17H2,1H3. The molecule has 3 heteroatoms. The Balaban J connectivity index is 1.37. The van der Waals surface area contributed by atoms with E-state index in [1.165, 1.54) is 91.2 Å². The summed E-state index contributed by atoms with van der Waals surface area (Å²) >= 11 is 0. The number of allylic oxidation sites excluding steroid dienone is 1. The zero-order chi connectivity index (χ0) is 26.4. The monoisotopic (exact) mass is 517 g/mol. The van der Waals surface area contributed by atoms with E-state index in [0.29, 0.717) is 5.92 Å². The molecule has 0 spiro atoms. The molecule has 1 N–H and O–H groups in total. The van der Waals surface area contributed by atoms with Crippen molar-refractivity contribution in [2.24, 2.45) is 0 Å². The SMILES string of the molecule is CC1CC=Cc2c1c1cc3c(cc1n2-c1ccccc1)[nH]c1cc2c(cc13)c1c(n2-c2ccccc2)CCCC1. The maximum atomic E-state index is 3.85. The molecule has 3 nitrogen and oxygen atoms in total. The molecule has 0 radical (unpaired) electrons. The van der Waals surface area contributed by atoms with Crippen LogP contribution in [0.4, 0.5) is 0 Å². The fourth-order valence-electron chi connectivity index (χ4n) is 7.67. The molecule has 9 rings (SSSR count). The van der Waals surface area contributed by atoms with E-state index in [2.05, 4.69) is 118 Å². The molecule has 3 heterocycles. The molecule has 194 valence electrons. The largest absolute Gasteiger partial charge is 0.354 e. The molecular formula is C37H31N3. The minimum Gasteiger partial charge on any atom is -0.354 e. The van der Waals surface area contributed by atoms with Crippen LogP contribution in [0.25, 0.3) is 61.1 Å². The Morgan fingerprint density at radius 2 is 1.30 bits per heavy atom. The Labute approximate surface area is 233 Å². The van der Waals surface area contributed by atoms with Crippen LogP contribution in [0.1, 0.15) is 54.6 Å². The van der Waals surface area contributed by atoms with E-state index in [4.69, 9.17) is 0 Å². The number of aromatic amines is 1. The summed E-state index contributed by atoms with van der Waals surface area (Å²) in [4.78, 5) is 3.85. The number of hydrogen-bond donors (Lipinski definition) is 1. The topological polar surface area (TPSA) is 25.6 Å². The molecule has 4 aromatic carbocycles. The van der Waals surface area contributed by atoms with E-state index in [0.717, 1.165) is 12.8 Å². The molecular weight excluding hydrogens is 486 g/mol. The number of fused-ring (bicyclic) bond motifs is 9. The second-order valence-corrected chi connectivity index (χ2v) is 11.8. The smallest absolute Gasteiger partial charge is 0.0558 e. The van der Waals surface area contributed by atoms with Gasteiger partial charge in [0, 0.05) is 55.3 Å². The van der Waals surface area contributed by atoms with E-state index in [1.54, 1.807) is 5.56 Å². The molecule has 1 atom stereocenters. The minimum atomic E-state index is 0.494. The predicted molar refractivity (Wildman–Crippen MR) is 168 cm³/mol. The predicted octanol–water partition coefficient (Wildman–Crippen LogP) is 9.61. The number of hydrogen-bond acceptors (Lipinski definition) is 0. The first kappa shape index (κ1) is 22.3. The number of nitrogens with zero attached hydrogens (tertiary/aromatic N) is 2. The molecule has 1 unspecified atom stereocenters. The van der Waals surface area contributed by atoms with E-state index in [-0.39, 0.29) is 0 Å². The lowest BCUT2D eigenvalue weighted by Gasteiger charge is -2.16. The van der Waals surface area contributed by atoms with E-state index >= 15 is 0 Å². The molecule has 7 aromatic rings. The van der Waals surface area contributed by atoms with Crippen molar-refractivity contribution in [2.45, 2.75) is 44.9 Å². The van der Waals surface area contributed by atoms with Gasteiger partial charge in [0.2, 0.25) is 0 Å². The lowest BCUT2D eigenvalue weighted by atomic mass is 9.90. The van der Waals surface area contributed by atoms with Gasteiger partial charge in [0.1, 0.15) is 0 Å². The lowest BCUT2D eigenvalue weighted by molar-refractivity contribution is 0.667. The number of para-hydroxylation sites is 2. The zero-order valence-electron chi connectivity index (χ0n) is 22.7. The molecule has 0 fully saturated rings. The van der Waals surface area contributed by atoms with Crippen LogP contribution in [-0.4, -0.2) is 14.1 Å². The Morgan fingerprint density at radius 3 is 2.02 bits per heavy atom. The van der Waals surface area contributed by atoms with Gasteiger partial charge in [0.05, 0.1) is 11.0 Å². The highest BCUT2D eigenvalue weighted by molar-refractivity contribution is 6.16. The first-order valence-corrected chi connectivity index (χ1v) is 14.7. The van der Waals surface area contributed by atoms with Crippen molar-refractivity contribution in [3.05, 3.63) is 114 Å². The van der Waals surface area contributed by atoms with Gasteiger partial charge in [-0.05, 0) is 104 Å². The van der Waals surface area contributed by atoms with Gasteiger partial charge in [0.15, 0.2) is 0 Å². The highest BCUT2D eigenvalue weighted by atomic mass is 15.0. The third-order valence-corrected chi connectivity index (χ3v) is 9.44. The average Bonchev–Trinajstić information content (AvgIpc) is 3.63. The van der Waals surface area contributed by atoms with Crippen LogP contribution in [0.15, 0.2) is 91.0 Å². The van der Waals surface area contributed by atoms with E-state index in [1.807, 2.05) is 0 Å². The Morgan fingerprint density at radius 1 is 0.675 bits per heavy atom. The summed E-state index contributed by atoms with van der Waals surface area (Å²) in [5, 5.41) is 5.47. The number of aryl methyl sites for hydroxylation is 1. The average molecular weight is 518 g/mol. The van der Waals surface area contributed by atoms with Crippen molar-refractivity contribution in [3.63, 3.8) is 0 Å². The van der Waals surface area contributed by atoms with Crippen LogP contribution in [0.5, 0.6) is 0 Å². The summed E-state index contributed by atoms with van der Waals surface area (Å²) in [6.07, 6.45) is 10.6. The minimum absolute atomic E-state index is 0.494. The molecule has 0 amide bonds. The normalized spacial score (nSPS) is 16.8. The molecule has 0 saturated heterocycles. The summed E-state index contributed by atoms with van der Waals surface area (Å²) in [5.41, 5.74) is 13.4. The summed E-state index contributed by atoms with van der Waals surface area (Å²) in [5.74, 6) is 0.494. The number of benzene rings is 4. The third kappa shape index (κ3) is 3.01. The Kier molecular flexibility index (Phi) is 4.61. The molecule has 0 saturated carbocycles. The second kappa shape index (κ2) is 8.25. The van der Waals surface area contributed by atoms with Crippen molar-refractivity contribution in [1.82, 2.24) is 14.1 Å². The maximum absolute atomic E-state index is 3.85. The van der Waals surface area contributed by atoms with Crippen LogP contribution in [-0.2, 0) is 12.8 Å². The van der Waals surface area contributed by atoms with Crippen LogP contribution in [0, 0.1) is 0 Å². The van der Waals surface area contributed by atoms with Crippen molar-refractivity contribution in [3.8, 4) is 11.4 Å².